The van der Waals surface area contributed by atoms with Crippen molar-refractivity contribution in [3.8, 4) is 0 Å². The molecular formula is C18H22N6. The molecule has 124 valence electrons. The van der Waals surface area contributed by atoms with Gasteiger partial charge in [-0.3, -0.25) is 4.90 Å². The number of hydrogen-bond donors (Lipinski definition) is 0. The molecule has 2 saturated heterocycles. The van der Waals surface area contributed by atoms with Crippen LogP contribution in [0, 0.1) is 11.8 Å². The molecule has 6 nitrogen and oxygen atoms in total. The Balaban J connectivity index is 1.23. The summed E-state index contributed by atoms with van der Waals surface area (Å²) >= 11 is 0. The van der Waals surface area contributed by atoms with E-state index >= 15 is 0 Å². The lowest BCUT2D eigenvalue weighted by atomic mass is 10.0. The van der Waals surface area contributed by atoms with Gasteiger partial charge in [0, 0.05) is 56.3 Å². The van der Waals surface area contributed by atoms with Gasteiger partial charge in [0.1, 0.15) is 18.0 Å². The zero-order valence-corrected chi connectivity index (χ0v) is 13.8. The highest BCUT2D eigenvalue weighted by Gasteiger charge is 2.40. The average Bonchev–Trinajstić information content (AvgIpc) is 3.29. The molecule has 3 fully saturated rings. The second-order valence-electron chi connectivity index (χ2n) is 7.36. The zero-order valence-electron chi connectivity index (χ0n) is 13.8. The number of rotatable bonds is 4. The maximum Gasteiger partial charge on any atom is 0.142 e. The molecule has 2 aliphatic heterocycles. The SMILES string of the molecule is c1cnc(CN2CC3CN(c4cc(C5CC5)ncn4)CC3C2)nc1. The second-order valence-corrected chi connectivity index (χ2v) is 7.36. The third-order valence-corrected chi connectivity index (χ3v) is 5.54. The van der Waals surface area contributed by atoms with Gasteiger partial charge in [0.05, 0.1) is 6.54 Å². The summed E-state index contributed by atoms with van der Waals surface area (Å²) in [6.07, 6.45) is 7.98. The van der Waals surface area contributed by atoms with Crippen molar-refractivity contribution in [1.82, 2.24) is 24.8 Å². The molecule has 6 heteroatoms. The van der Waals surface area contributed by atoms with Crippen molar-refractivity contribution in [1.29, 1.82) is 0 Å². The molecule has 3 aliphatic rings. The van der Waals surface area contributed by atoms with Gasteiger partial charge in [-0.05, 0) is 30.7 Å². The summed E-state index contributed by atoms with van der Waals surface area (Å²) in [6, 6.07) is 4.09. The van der Waals surface area contributed by atoms with E-state index < -0.39 is 0 Å². The number of fused-ring (bicyclic) bond motifs is 1. The van der Waals surface area contributed by atoms with Gasteiger partial charge in [0.15, 0.2) is 0 Å². The van der Waals surface area contributed by atoms with E-state index in [4.69, 9.17) is 0 Å². The molecular weight excluding hydrogens is 300 g/mol. The van der Waals surface area contributed by atoms with Crippen molar-refractivity contribution < 1.29 is 0 Å². The van der Waals surface area contributed by atoms with Gasteiger partial charge in [0.25, 0.3) is 0 Å². The van der Waals surface area contributed by atoms with E-state index in [0.717, 1.165) is 56.2 Å². The topological polar surface area (TPSA) is 58.0 Å². The van der Waals surface area contributed by atoms with E-state index in [2.05, 4.69) is 35.8 Å². The van der Waals surface area contributed by atoms with Gasteiger partial charge in [-0.1, -0.05) is 0 Å². The van der Waals surface area contributed by atoms with Crippen LogP contribution in [0.5, 0.6) is 0 Å². The van der Waals surface area contributed by atoms with Crippen LogP contribution in [0.4, 0.5) is 5.82 Å². The van der Waals surface area contributed by atoms with Crippen molar-refractivity contribution >= 4 is 5.82 Å². The van der Waals surface area contributed by atoms with Crippen LogP contribution in [-0.2, 0) is 6.54 Å². The minimum Gasteiger partial charge on any atom is -0.356 e. The Hall–Kier alpha value is -2.08. The van der Waals surface area contributed by atoms with Crippen LogP contribution in [0.15, 0.2) is 30.9 Å². The van der Waals surface area contributed by atoms with E-state index in [-0.39, 0.29) is 0 Å². The number of anilines is 1. The third kappa shape index (κ3) is 2.75. The molecule has 0 amide bonds. The fraction of sp³-hybridized carbons (Fsp3) is 0.556. The fourth-order valence-electron chi connectivity index (χ4n) is 4.15. The second kappa shape index (κ2) is 5.77. The molecule has 1 saturated carbocycles. The first-order valence-corrected chi connectivity index (χ1v) is 8.90. The Morgan fingerprint density at radius 1 is 0.917 bits per heavy atom. The van der Waals surface area contributed by atoms with Gasteiger partial charge in [0.2, 0.25) is 0 Å². The molecule has 2 unspecified atom stereocenters. The molecule has 24 heavy (non-hydrogen) atoms. The number of likely N-dealkylation sites (tertiary alicyclic amines) is 1. The zero-order chi connectivity index (χ0) is 15.9. The molecule has 0 aromatic carbocycles. The van der Waals surface area contributed by atoms with Crippen LogP contribution >= 0.6 is 0 Å². The Kier molecular flexibility index (Phi) is 3.43. The van der Waals surface area contributed by atoms with Crippen molar-refractivity contribution in [2.45, 2.75) is 25.3 Å². The summed E-state index contributed by atoms with van der Waals surface area (Å²) in [6.45, 7) is 5.36. The van der Waals surface area contributed by atoms with Gasteiger partial charge >= 0.3 is 0 Å². The molecule has 4 heterocycles. The molecule has 0 spiro atoms. The summed E-state index contributed by atoms with van der Waals surface area (Å²) in [5.41, 5.74) is 1.24. The Bertz CT molecular complexity index is 702. The molecule has 0 bridgehead atoms. The summed E-state index contributed by atoms with van der Waals surface area (Å²) in [7, 11) is 0. The highest BCUT2D eigenvalue weighted by Crippen LogP contribution is 2.40. The Morgan fingerprint density at radius 3 is 2.38 bits per heavy atom. The third-order valence-electron chi connectivity index (χ3n) is 5.54. The minimum atomic E-state index is 0.690. The predicted molar refractivity (Wildman–Crippen MR) is 90.5 cm³/mol. The molecule has 0 N–H and O–H groups in total. The van der Waals surface area contributed by atoms with E-state index in [0.29, 0.717) is 5.92 Å². The van der Waals surface area contributed by atoms with Gasteiger partial charge in [-0.25, -0.2) is 19.9 Å². The van der Waals surface area contributed by atoms with E-state index in [1.807, 2.05) is 18.5 Å². The smallest absolute Gasteiger partial charge is 0.142 e. The lowest BCUT2D eigenvalue weighted by Gasteiger charge is -2.22. The normalized spacial score (nSPS) is 26.8. The fourth-order valence-corrected chi connectivity index (χ4v) is 4.15. The monoisotopic (exact) mass is 322 g/mol. The van der Waals surface area contributed by atoms with E-state index in [1.165, 1.54) is 18.5 Å². The van der Waals surface area contributed by atoms with Crippen molar-refractivity contribution in [3.05, 3.63) is 42.4 Å². The van der Waals surface area contributed by atoms with Crippen molar-refractivity contribution in [2.75, 3.05) is 31.1 Å². The van der Waals surface area contributed by atoms with E-state index in [9.17, 15) is 0 Å². The molecule has 0 radical (unpaired) electrons. The van der Waals surface area contributed by atoms with Crippen LogP contribution in [0.2, 0.25) is 0 Å². The lowest BCUT2D eigenvalue weighted by Crippen LogP contribution is -2.29. The highest BCUT2D eigenvalue weighted by atomic mass is 15.3. The van der Waals surface area contributed by atoms with Crippen LogP contribution < -0.4 is 4.90 Å². The number of nitrogens with zero attached hydrogens (tertiary/aromatic N) is 6. The highest BCUT2D eigenvalue weighted by molar-refractivity contribution is 5.42. The maximum atomic E-state index is 4.53. The summed E-state index contributed by atoms with van der Waals surface area (Å²) < 4.78 is 0. The number of hydrogen-bond acceptors (Lipinski definition) is 6. The van der Waals surface area contributed by atoms with Crippen LogP contribution in [-0.4, -0.2) is 51.0 Å². The van der Waals surface area contributed by atoms with Gasteiger partial charge in [-0.15, -0.1) is 0 Å². The summed E-state index contributed by atoms with van der Waals surface area (Å²) in [4.78, 5) is 22.6. The molecule has 2 atom stereocenters. The Morgan fingerprint density at radius 2 is 1.67 bits per heavy atom. The first-order chi connectivity index (χ1) is 11.8. The first kappa shape index (κ1) is 14.3. The maximum absolute atomic E-state index is 4.53. The average molecular weight is 322 g/mol. The summed E-state index contributed by atoms with van der Waals surface area (Å²) in [5, 5.41) is 0. The van der Waals surface area contributed by atoms with Crippen LogP contribution in [0.25, 0.3) is 0 Å². The standard InChI is InChI=1S/C18H22N6/c1-4-19-17(20-5-1)11-23-7-14-9-24(10-15(14)8-23)18-6-16(13-2-3-13)21-12-22-18/h1,4-6,12-15H,2-3,7-11H2. The minimum absolute atomic E-state index is 0.690. The van der Waals surface area contributed by atoms with Crippen molar-refractivity contribution in [3.63, 3.8) is 0 Å². The first-order valence-electron chi connectivity index (χ1n) is 8.90. The van der Waals surface area contributed by atoms with Crippen LogP contribution in [0.1, 0.15) is 30.3 Å². The predicted octanol–water partition coefficient (Wildman–Crippen LogP) is 1.71. The molecule has 2 aromatic heterocycles. The molecule has 5 rings (SSSR count). The molecule has 2 aromatic rings. The number of aromatic nitrogens is 4. The van der Waals surface area contributed by atoms with Crippen LogP contribution in [0.3, 0.4) is 0 Å². The quantitative estimate of drug-likeness (QED) is 0.854. The van der Waals surface area contributed by atoms with Gasteiger partial charge < -0.3 is 4.90 Å². The van der Waals surface area contributed by atoms with E-state index in [1.54, 1.807) is 6.33 Å². The lowest BCUT2D eigenvalue weighted by molar-refractivity contribution is 0.301. The largest absolute Gasteiger partial charge is 0.356 e. The molecule has 1 aliphatic carbocycles. The summed E-state index contributed by atoms with van der Waals surface area (Å²) in [5.74, 6) is 4.20. The van der Waals surface area contributed by atoms with Crippen molar-refractivity contribution in [2.24, 2.45) is 11.8 Å². The van der Waals surface area contributed by atoms with Gasteiger partial charge in [-0.2, -0.15) is 0 Å². The Labute approximate surface area is 142 Å².